The van der Waals surface area contributed by atoms with Crippen molar-refractivity contribution in [2.45, 2.75) is 45.1 Å². The maximum absolute atomic E-state index is 5.58. The van der Waals surface area contributed by atoms with Crippen LogP contribution in [0.15, 0.2) is 33.6 Å². The Bertz CT molecular complexity index is 909. The summed E-state index contributed by atoms with van der Waals surface area (Å²) in [5, 5.41) is 8.43. The minimum Gasteiger partial charge on any atom is -0.385 e. The number of pyridine rings is 1. The number of nitrogens with zero attached hydrogens (tertiary/aromatic N) is 5. The third kappa shape index (κ3) is 4.09. The quantitative estimate of drug-likeness (QED) is 0.600. The second-order valence-electron chi connectivity index (χ2n) is 7.77. The number of hydrogen-bond acceptors (Lipinski definition) is 8. The van der Waals surface area contributed by atoms with Gasteiger partial charge in [-0.3, -0.25) is 9.88 Å². The molecule has 29 heavy (non-hydrogen) atoms. The first-order valence-corrected chi connectivity index (χ1v) is 9.99. The molecule has 3 aromatic heterocycles. The molecule has 4 rings (SSSR count). The molecule has 1 aliphatic heterocycles. The highest BCUT2D eigenvalue weighted by Gasteiger charge is 2.40. The first-order valence-electron chi connectivity index (χ1n) is 9.99. The van der Waals surface area contributed by atoms with Crippen LogP contribution in [-0.2, 0) is 16.7 Å². The summed E-state index contributed by atoms with van der Waals surface area (Å²) in [5.74, 6) is 2.19. The third-order valence-electron chi connectivity index (χ3n) is 5.97. The van der Waals surface area contributed by atoms with Crippen molar-refractivity contribution in [2.24, 2.45) is 0 Å². The molecule has 0 saturated carbocycles. The van der Waals surface area contributed by atoms with E-state index in [9.17, 15) is 0 Å². The Labute approximate surface area is 170 Å². The van der Waals surface area contributed by atoms with E-state index in [0.29, 0.717) is 12.5 Å². The lowest BCUT2D eigenvalue weighted by Crippen LogP contribution is -2.43. The topological polar surface area (TPSA) is 90.3 Å². The molecule has 0 unspecified atom stereocenters. The molecule has 154 valence electrons. The predicted molar refractivity (Wildman–Crippen MR) is 106 cm³/mol. The molecule has 4 heterocycles. The lowest BCUT2D eigenvalue weighted by Gasteiger charge is -2.39. The van der Waals surface area contributed by atoms with Crippen molar-refractivity contribution >= 4 is 0 Å². The molecule has 1 aliphatic rings. The average molecular weight is 397 g/mol. The fourth-order valence-electron chi connectivity index (χ4n) is 4.02. The Kier molecular flexibility index (Phi) is 5.73. The fourth-order valence-corrected chi connectivity index (χ4v) is 4.02. The highest BCUT2D eigenvalue weighted by molar-refractivity contribution is 5.50. The molecule has 0 amide bonds. The van der Waals surface area contributed by atoms with E-state index in [-0.39, 0.29) is 5.41 Å². The number of aryl methyl sites for hydroxylation is 2. The zero-order chi connectivity index (χ0) is 20.3. The molecule has 0 aromatic carbocycles. The van der Waals surface area contributed by atoms with Crippen LogP contribution in [0.3, 0.4) is 0 Å². The highest BCUT2D eigenvalue weighted by atomic mass is 16.5. The lowest BCUT2D eigenvalue weighted by atomic mass is 9.75. The molecular formula is C21H27N5O3. The summed E-state index contributed by atoms with van der Waals surface area (Å²) in [4.78, 5) is 11.3. The monoisotopic (exact) mass is 397 g/mol. The van der Waals surface area contributed by atoms with Crippen molar-refractivity contribution < 1.29 is 13.8 Å². The molecule has 8 heteroatoms. The molecule has 0 bridgehead atoms. The van der Waals surface area contributed by atoms with E-state index >= 15 is 0 Å². The van der Waals surface area contributed by atoms with Crippen molar-refractivity contribution in [2.75, 3.05) is 26.8 Å². The predicted octanol–water partition coefficient (Wildman–Crippen LogP) is 3.31. The van der Waals surface area contributed by atoms with Crippen LogP contribution < -0.4 is 0 Å². The van der Waals surface area contributed by atoms with Crippen molar-refractivity contribution in [3.05, 3.63) is 47.4 Å². The molecule has 0 aliphatic carbocycles. The van der Waals surface area contributed by atoms with Crippen molar-refractivity contribution in [1.82, 2.24) is 25.2 Å². The largest absolute Gasteiger partial charge is 0.385 e. The van der Waals surface area contributed by atoms with Crippen molar-refractivity contribution in [1.29, 1.82) is 0 Å². The second kappa shape index (κ2) is 8.42. The first-order chi connectivity index (χ1) is 14.1. The van der Waals surface area contributed by atoms with E-state index in [2.05, 4.69) is 20.2 Å². The molecule has 3 aromatic rings. The van der Waals surface area contributed by atoms with Crippen LogP contribution in [0.5, 0.6) is 0 Å². The van der Waals surface area contributed by atoms with Crippen LogP contribution in [0.2, 0.25) is 0 Å². The van der Waals surface area contributed by atoms with Crippen molar-refractivity contribution in [3.8, 4) is 11.5 Å². The summed E-state index contributed by atoms with van der Waals surface area (Å²) in [6.45, 7) is 7.39. The smallest absolute Gasteiger partial charge is 0.259 e. The molecule has 0 radical (unpaired) electrons. The molecule has 0 spiro atoms. The zero-order valence-electron chi connectivity index (χ0n) is 17.2. The third-order valence-corrected chi connectivity index (χ3v) is 5.97. The molecule has 0 atom stereocenters. The molecular weight excluding hydrogens is 370 g/mol. The van der Waals surface area contributed by atoms with Crippen LogP contribution in [0.1, 0.15) is 42.1 Å². The number of ether oxygens (including phenoxy) is 1. The fraction of sp³-hybridized carbons (Fsp3) is 0.524. The molecule has 0 N–H and O–H groups in total. The van der Waals surface area contributed by atoms with E-state index in [1.807, 2.05) is 26.0 Å². The number of piperidine rings is 1. The van der Waals surface area contributed by atoms with Crippen LogP contribution in [0, 0.1) is 13.8 Å². The van der Waals surface area contributed by atoms with Gasteiger partial charge in [0, 0.05) is 43.6 Å². The summed E-state index contributed by atoms with van der Waals surface area (Å²) in [5.41, 5.74) is 2.85. The number of methoxy groups -OCH3 is 1. The van der Waals surface area contributed by atoms with Gasteiger partial charge >= 0.3 is 0 Å². The van der Waals surface area contributed by atoms with Gasteiger partial charge in [0.15, 0.2) is 5.82 Å². The Morgan fingerprint density at radius 2 is 2.00 bits per heavy atom. The van der Waals surface area contributed by atoms with Crippen LogP contribution >= 0.6 is 0 Å². The molecule has 1 saturated heterocycles. The normalized spacial score (nSPS) is 16.9. The van der Waals surface area contributed by atoms with Gasteiger partial charge in [0.25, 0.3) is 5.89 Å². The van der Waals surface area contributed by atoms with Gasteiger partial charge in [-0.15, -0.1) is 0 Å². The van der Waals surface area contributed by atoms with Gasteiger partial charge in [-0.25, -0.2) is 0 Å². The SMILES string of the molecule is COCCC1(c2noc(-c3cccnc3)n2)CCN(Cc2c(C)noc2C)CC1. The minimum atomic E-state index is -0.144. The Morgan fingerprint density at radius 3 is 2.66 bits per heavy atom. The van der Waals surface area contributed by atoms with Gasteiger partial charge < -0.3 is 13.8 Å². The van der Waals surface area contributed by atoms with E-state index < -0.39 is 0 Å². The van der Waals surface area contributed by atoms with Gasteiger partial charge in [0.1, 0.15) is 5.76 Å². The van der Waals surface area contributed by atoms with E-state index in [0.717, 1.165) is 61.7 Å². The number of likely N-dealkylation sites (tertiary alicyclic amines) is 1. The summed E-state index contributed by atoms with van der Waals surface area (Å²) in [6.07, 6.45) is 6.24. The van der Waals surface area contributed by atoms with Crippen molar-refractivity contribution in [3.63, 3.8) is 0 Å². The highest BCUT2D eigenvalue weighted by Crippen LogP contribution is 2.38. The average Bonchev–Trinajstić information content (AvgIpc) is 3.37. The standard InChI is InChI=1S/C21H27N5O3/c1-15-18(16(2)28-24-15)14-26-10-6-21(7-11-26,8-12-27-3)20-23-19(29-25-20)17-5-4-9-22-13-17/h4-5,9,13H,6-8,10-12,14H2,1-3H3. The Balaban J connectivity index is 1.51. The zero-order valence-corrected chi connectivity index (χ0v) is 17.2. The second-order valence-corrected chi connectivity index (χ2v) is 7.77. The van der Waals surface area contributed by atoms with E-state index in [1.54, 1.807) is 19.5 Å². The molecule has 8 nitrogen and oxygen atoms in total. The van der Waals surface area contributed by atoms with Gasteiger partial charge in [-0.2, -0.15) is 4.98 Å². The van der Waals surface area contributed by atoms with Crippen LogP contribution in [-0.4, -0.2) is 52.0 Å². The maximum Gasteiger partial charge on any atom is 0.259 e. The maximum atomic E-state index is 5.58. The number of rotatable bonds is 7. The summed E-state index contributed by atoms with van der Waals surface area (Å²) in [6, 6.07) is 3.80. The van der Waals surface area contributed by atoms with Gasteiger partial charge in [-0.1, -0.05) is 10.3 Å². The Hall–Kier alpha value is -2.58. The number of hydrogen-bond donors (Lipinski definition) is 0. The van der Waals surface area contributed by atoms with Crippen LogP contribution in [0.4, 0.5) is 0 Å². The van der Waals surface area contributed by atoms with E-state index in [4.69, 9.17) is 18.8 Å². The van der Waals surface area contributed by atoms with Gasteiger partial charge in [0.2, 0.25) is 0 Å². The first kappa shape index (κ1) is 19.7. The lowest BCUT2D eigenvalue weighted by molar-refractivity contribution is 0.102. The summed E-state index contributed by atoms with van der Waals surface area (Å²) in [7, 11) is 1.73. The van der Waals surface area contributed by atoms with E-state index in [1.165, 1.54) is 5.56 Å². The van der Waals surface area contributed by atoms with Crippen LogP contribution in [0.25, 0.3) is 11.5 Å². The summed E-state index contributed by atoms with van der Waals surface area (Å²) < 4.78 is 16.3. The number of aromatic nitrogens is 4. The van der Waals surface area contributed by atoms with Gasteiger partial charge in [-0.05, 0) is 58.3 Å². The molecule has 1 fully saturated rings. The summed E-state index contributed by atoms with van der Waals surface area (Å²) >= 11 is 0. The minimum absolute atomic E-state index is 0.144. The Morgan fingerprint density at radius 1 is 1.17 bits per heavy atom. The van der Waals surface area contributed by atoms with Gasteiger partial charge in [0.05, 0.1) is 11.3 Å².